The van der Waals surface area contributed by atoms with Crippen LogP contribution in [0.5, 0.6) is 0 Å². The number of likely N-dealkylation sites (tertiary alicyclic amines) is 2. The first-order valence-electron chi connectivity index (χ1n) is 9.79. The van der Waals surface area contributed by atoms with Gasteiger partial charge in [-0.15, -0.1) is 0 Å². The molecule has 0 bridgehead atoms. The van der Waals surface area contributed by atoms with Crippen molar-refractivity contribution in [2.75, 3.05) is 26.2 Å². The molecule has 8 heteroatoms. The summed E-state index contributed by atoms with van der Waals surface area (Å²) in [4.78, 5) is 20.0. The molecule has 0 radical (unpaired) electrons. The SMILES string of the molecule is O=C1CCCN1Cc1cccc(-c2noc(C3CCN(CC(F)F)CC3)n2)c1. The van der Waals surface area contributed by atoms with E-state index in [1.807, 2.05) is 29.2 Å². The molecule has 4 rings (SSSR count). The van der Waals surface area contributed by atoms with Crippen molar-refractivity contribution in [2.45, 2.75) is 44.6 Å². The number of hydrogen-bond donors (Lipinski definition) is 0. The van der Waals surface area contributed by atoms with Gasteiger partial charge < -0.3 is 9.42 Å². The highest BCUT2D eigenvalue weighted by Gasteiger charge is 2.27. The Morgan fingerprint density at radius 1 is 1.21 bits per heavy atom. The average Bonchev–Trinajstić information content (AvgIpc) is 3.32. The summed E-state index contributed by atoms with van der Waals surface area (Å²) in [6.45, 7) is 2.46. The number of piperidine rings is 1. The molecular weight excluding hydrogens is 366 g/mol. The van der Waals surface area contributed by atoms with Gasteiger partial charge in [-0.2, -0.15) is 4.98 Å². The summed E-state index contributed by atoms with van der Waals surface area (Å²) in [7, 11) is 0. The van der Waals surface area contributed by atoms with E-state index < -0.39 is 6.43 Å². The highest BCUT2D eigenvalue weighted by Crippen LogP contribution is 2.29. The Morgan fingerprint density at radius 3 is 2.75 bits per heavy atom. The topological polar surface area (TPSA) is 62.5 Å². The van der Waals surface area contributed by atoms with E-state index in [-0.39, 0.29) is 18.4 Å². The molecule has 150 valence electrons. The van der Waals surface area contributed by atoms with Gasteiger partial charge in [0.25, 0.3) is 6.43 Å². The standard InChI is InChI=1S/C20H24F2N4O2/c21-17(22)13-25-9-6-15(7-10-25)20-23-19(24-28-20)16-4-1-3-14(11-16)12-26-8-2-5-18(26)27/h1,3-4,11,15,17H,2,5-10,12-13H2. The zero-order chi connectivity index (χ0) is 19.5. The van der Waals surface area contributed by atoms with Gasteiger partial charge in [0, 0.05) is 31.0 Å². The molecule has 2 fully saturated rings. The first-order chi connectivity index (χ1) is 13.6. The molecule has 0 atom stereocenters. The Morgan fingerprint density at radius 2 is 2.04 bits per heavy atom. The lowest BCUT2D eigenvalue weighted by atomic mass is 9.97. The van der Waals surface area contributed by atoms with E-state index in [0.29, 0.717) is 37.8 Å². The third-order valence-corrected chi connectivity index (χ3v) is 5.50. The van der Waals surface area contributed by atoms with Crippen LogP contribution in [0.1, 0.15) is 43.1 Å². The van der Waals surface area contributed by atoms with Crippen molar-refractivity contribution in [1.82, 2.24) is 19.9 Å². The molecule has 0 unspecified atom stereocenters. The minimum absolute atomic E-state index is 0.112. The van der Waals surface area contributed by atoms with Crippen LogP contribution in [0, 0.1) is 0 Å². The number of aromatic nitrogens is 2. The summed E-state index contributed by atoms with van der Waals surface area (Å²) in [6, 6.07) is 7.85. The van der Waals surface area contributed by atoms with Gasteiger partial charge in [-0.25, -0.2) is 8.78 Å². The Bertz CT molecular complexity index is 818. The van der Waals surface area contributed by atoms with Crippen molar-refractivity contribution in [2.24, 2.45) is 0 Å². The number of benzene rings is 1. The molecular formula is C20H24F2N4O2. The van der Waals surface area contributed by atoms with Crippen molar-refractivity contribution < 1.29 is 18.1 Å². The Balaban J connectivity index is 1.40. The number of alkyl halides is 2. The first-order valence-corrected chi connectivity index (χ1v) is 9.79. The first kappa shape index (κ1) is 19.0. The van der Waals surface area contributed by atoms with E-state index in [4.69, 9.17) is 4.52 Å². The number of amides is 1. The Kier molecular flexibility index (Phi) is 5.66. The van der Waals surface area contributed by atoms with Gasteiger partial charge in [0.05, 0.1) is 6.54 Å². The van der Waals surface area contributed by atoms with E-state index in [9.17, 15) is 13.6 Å². The van der Waals surface area contributed by atoms with Crippen molar-refractivity contribution in [3.63, 3.8) is 0 Å². The van der Waals surface area contributed by atoms with Gasteiger partial charge >= 0.3 is 0 Å². The number of hydrogen-bond acceptors (Lipinski definition) is 5. The average molecular weight is 390 g/mol. The van der Waals surface area contributed by atoms with Gasteiger partial charge in [-0.3, -0.25) is 9.69 Å². The molecule has 0 saturated carbocycles. The van der Waals surface area contributed by atoms with Gasteiger partial charge in [0.1, 0.15) is 0 Å². The fraction of sp³-hybridized carbons (Fsp3) is 0.550. The predicted molar refractivity (Wildman–Crippen MR) is 98.8 cm³/mol. The van der Waals surface area contributed by atoms with E-state index in [2.05, 4.69) is 10.1 Å². The number of rotatable bonds is 6. The van der Waals surface area contributed by atoms with E-state index in [1.54, 1.807) is 4.90 Å². The van der Waals surface area contributed by atoms with E-state index >= 15 is 0 Å². The number of halogens is 2. The number of nitrogens with zero attached hydrogens (tertiary/aromatic N) is 4. The lowest BCUT2D eigenvalue weighted by molar-refractivity contribution is -0.128. The highest BCUT2D eigenvalue weighted by molar-refractivity contribution is 5.78. The van der Waals surface area contributed by atoms with Gasteiger partial charge in [0.15, 0.2) is 0 Å². The third-order valence-electron chi connectivity index (χ3n) is 5.50. The summed E-state index contributed by atoms with van der Waals surface area (Å²) in [5.41, 5.74) is 1.90. The molecule has 0 N–H and O–H groups in total. The van der Waals surface area contributed by atoms with Crippen molar-refractivity contribution in [3.05, 3.63) is 35.7 Å². The molecule has 1 amide bonds. The molecule has 2 saturated heterocycles. The molecule has 1 aromatic carbocycles. The summed E-state index contributed by atoms with van der Waals surface area (Å²) >= 11 is 0. The fourth-order valence-electron chi connectivity index (χ4n) is 3.98. The number of carbonyl (C=O) groups is 1. The molecule has 2 aromatic rings. The second-order valence-corrected chi connectivity index (χ2v) is 7.54. The molecule has 2 aliphatic heterocycles. The minimum Gasteiger partial charge on any atom is -0.339 e. The van der Waals surface area contributed by atoms with Crippen molar-refractivity contribution in [1.29, 1.82) is 0 Å². The molecule has 6 nitrogen and oxygen atoms in total. The van der Waals surface area contributed by atoms with Crippen molar-refractivity contribution >= 4 is 5.91 Å². The smallest absolute Gasteiger partial charge is 0.251 e. The van der Waals surface area contributed by atoms with Crippen LogP contribution < -0.4 is 0 Å². The van der Waals surface area contributed by atoms with Crippen LogP contribution in [-0.4, -0.2) is 58.5 Å². The fourth-order valence-corrected chi connectivity index (χ4v) is 3.98. The second-order valence-electron chi connectivity index (χ2n) is 7.54. The van der Waals surface area contributed by atoms with Crippen LogP contribution >= 0.6 is 0 Å². The van der Waals surface area contributed by atoms with Gasteiger partial charge in [0.2, 0.25) is 17.6 Å². The summed E-state index contributed by atoms with van der Waals surface area (Å²) in [6.07, 6.45) is 0.735. The molecule has 2 aliphatic rings. The summed E-state index contributed by atoms with van der Waals surface area (Å²) < 4.78 is 30.5. The molecule has 1 aromatic heterocycles. The third kappa shape index (κ3) is 4.38. The molecule has 0 spiro atoms. The van der Waals surface area contributed by atoms with Crippen LogP contribution in [0.3, 0.4) is 0 Å². The van der Waals surface area contributed by atoms with Crippen LogP contribution in [-0.2, 0) is 11.3 Å². The zero-order valence-corrected chi connectivity index (χ0v) is 15.7. The lowest BCUT2D eigenvalue weighted by Gasteiger charge is -2.29. The normalized spacial score (nSPS) is 19.1. The maximum Gasteiger partial charge on any atom is 0.251 e. The Hall–Kier alpha value is -2.35. The molecule has 0 aliphatic carbocycles. The van der Waals surface area contributed by atoms with E-state index in [1.165, 1.54) is 0 Å². The maximum absolute atomic E-state index is 12.5. The van der Waals surface area contributed by atoms with Crippen LogP contribution in [0.2, 0.25) is 0 Å². The van der Waals surface area contributed by atoms with Crippen molar-refractivity contribution in [3.8, 4) is 11.4 Å². The maximum atomic E-state index is 12.5. The minimum atomic E-state index is -2.30. The lowest BCUT2D eigenvalue weighted by Crippen LogP contribution is -2.36. The van der Waals surface area contributed by atoms with Gasteiger partial charge in [-0.1, -0.05) is 23.4 Å². The predicted octanol–water partition coefficient (Wildman–Crippen LogP) is 3.30. The van der Waals surface area contributed by atoms with E-state index in [0.717, 1.165) is 36.9 Å². The van der Waals surface area contributed by atoms with Gasteiger partial charge in [-0.05, 0) is 44.0 Å². The van der Waals surface area contributed by atoms with Crippen LogP contribution in [0.15, 0.2) is 28.8 Å². The number of carbonyl (C=O) groups excluding carboxylic acids is 1. The molecule has 28 heavy (non-hydrogen) atoms. The highest BCUT2D eigenvalue weighted by atomic mass is 19.3. The monoisotopic (exact) mass is 390 g/mol. The summed E-state index contributed by atoms with van der Waals surface area (Å²) in [5, 5.41) is 4.12. The quantitative estimate of drug-likeness (QED) is 0.757. The zero-order valence-electron chi connectivity index (χ0n) is 15.7. The largest absolute Gasteiger partial charge is 0.339 e. The Labute approximate surface area is 162 Å². The van der Waals surface area contributed by atoms with Crippen LogP contribution in [0.25, 0.3) is 11.4 Å². The van der Waals surface area contributed by atoms with Crippen LogP contribution in [0.4, 0.5) is 8.78 Å². The second kappa shape index (κ2) is 8.34. The summed E-state index contributed by atoms with van der Waals surface area (Å²) in [5.74, 6) is 1.41. The molecule has 3 heterocycles.